The maximum Gasteiger partial charge on any atom is 0.317 e. The second kappa shape index (κ2) is 8.49. The highest BCUT2D eigenvalue weighted by Crippen LogP contribution is 2.19. The number of hydrogen-bond acceptors (Lipinski definition) is 3. The second-order valence-corrected chi connectivity index (χ2v) is 6.89. The number of nitrogens with zero attached hydrogens (tertiary/aromatic N) is 1. The molecule has 0 bridgehead atoms. The highest BCUT2D eigenvalue weighted by molar-refractivity contribution is 5.74. The summed E-state index contributed by atoms with van der Waals surface area (Å²) in [5.74, 6) is 0.428. The fraction of sp³-hybridized carbons (Fsp3) is 0.632. The summed E-state index contributed by atoms with van der Waals surface area (Å²) in [5, 5.41) is 3.09. The standard InChI is InChI=1S/C19H28N2O3/c1-15(18-8-5-11-24-18)20-19(22)21-10-9-17(12-21)14-23-13-16-6-3-2-4-7-16/h2-4,6-7,15,17-18H,5,8-14H2,1H3,(H,20,22)/t15-,17+,18+/m0/s1. The molecule has 2 aliphatic rings. The third-order valence-electron chi connectivity index (χ3n) is 4.91. The van der Waals surface area contributed by atoms with Crippen molar-refractivity contribution in [2.24, 2.45) is 5.92 Å². The van der Waals surface area contributed by atoms with E-state index < -0.39 is 0 Å². The highest BCUT2D eigenvalue weighted by Gasteiger charge is 2.29. The Hall–Kier alpha value is -1.59. The molecule has 3 rings (SSSR count). The van der Waals surface area contributed by atoms with Gasteiger partial charge in [0.15, 0.2) is 0 Å². The quantitative estimate of drug-likeness (QED) is 0.871. The molecule has 5 heteroatoms. The van der Waals surface area contributed by atoms with E-state index in [9.17, 15) is 4.79 Å². The van der Waals surface area contributed by atoms with Gasteiger partial charge in [-0.05, 0) is 31.7 Å². The van der Waals surface area contributed by atoms with Crippen molar-refractivity contribution in [3.63, 3.8) is 0 Å². The molecule has 2 heterocycles. The average molecular weight is 332 g/mol. The third kappa shape index (κ3) is 4.71. The van der Waals surface area contributed by atoms with Gasteiger partial charge in [-0.2, -0.15) is 0 Å². The Morgan fingerprint density at radius 2 is 2.21 bits per heavy atom. The minimum atomic E-state index is 0.0311. The van der Waals surface area contributed by atoms with Crippen LogP contribution in [0.15, 0.2) is 30.3 Å². The molecule has 3 atom stereocenters. The summed E-state index contributed by atoms with van der Waals surface area (Å²) in [5.41, 5.74) is 1.19. The van der Waals surface area contributed by atoms with E-state index in [0.29, 0.717) is 19.1 Å². The second-order valence-electron chi connectivity index (χ2n) is 6.89. The molecule has 0 spiro atoms. The van der Waals surface area contributed by atoms with E-state index in [1.807, 2.05) is 30.0 Å². The summed E-state index contributed by atoms with van der Waals surface area (Å²) in [6, 6.07) is 10.3. The molecule has 0 radical (unpaired) electrons. The van der Waals surface area contributed by atoms with Crippen LogP contribution in [0.25, 0.3) is 0 Å². The maximum absolute atomic E-state index is 12.4. The molecule has 0 saturated carbocycles. The number of urea groups is 1. The van der Waals surface area contributed by atoms with Crippen LogP contribution in [0.3, 0.4) is 0 Å². The maximum atomic E-state index is 12.4. The number of nitrogens with one attached hydrogen (secondary N) is 1. The van der Waals surface area contributed by atoms with E-state index in [2.05, 4.69) is 17.4 Å². The van der Waals surface area contributed by atoms with Crippen LogP contribution in [0.5, 0.6) is 0 Å². The summed E-state index contributed by atoms with van der Waals surface area (Å²) in [7, 11) is 0. The van der Waals surface area contributed by atoms with Crippen molar-refractivity contribution in [3.8, 4) is 0 Å². The highest BCUT2D eigenvalue weighted by atomic mass is 16.5. The van der Waals surface area contributed by atoms with Gasteiger partial charge in [0.25, 0.3) is 0 Å². The zero-order chi connectivity index (χ0) is 16.8. The summed E-state index contributed by atoms with van der Waals surface area (Å²) >= 11 is 0. The zero-order valence-corrected chi connectivity index (χ0v) is 14.4. The van der Waals surface area contributed by atoms with Crippen molar-refractivity contribution in [1.82, 2.24) is 10.2 Å². The monoisotopic (exact) mass is 332 g/mol. The van der Waals surface area contributed by atoms with Crippen LogP contribution < -0.4 is 5.32 Å². The lowest BCUT2D eigenvalue weighted by Crippen LogP contribution is -2.47. The van der Waals surface area contributed by atoms with Crippen molar-refractivity contribution in [2.45, 2.75) is 44.9 Å². The van der Waals surface area contributed by atoms with Crippen LogP contribution in [-0.2, 0) is 16.1 Å². The number of carbonyl (C=O) groups is 1. The van der Waals surface area contributed by atoms with Crippen molar-refractivity contribution < 1.29 is 14.3 Å². The molecular formula is C19H28N2O3. The molecule has 24 heavy (non-hydrogen) atoms. The molecule has 132 valence electrons. The van der Waals surface area contributed by atoms with E-state index in [-0.39, 0.29) is 18.2 Å². The zero-order valence-electron chi connectivity index (χ0n) is 14.4. The lowest BCUT2D eigenvalue weighted by Gasteiger charge is -2.24. The minimum Gasteiger partial charge on any atom is -0.376 e. The number of carbonyl (C=O) groups excluding carboxylic acids is 1. The van der Waals surface area contributed by atoms with Gasteiger partial charge in [-0.15, -0.1) is 0 Å². The van der Waals surface area contributed by atoms with Crippen molar-refractivity contribution in [1.29, 1.82) is 0 Å². The van der Waals surface area contributed by atoms with E-state index in [0.717, 1.165) is 39.0 Å². The summed E-state index contributed by atoms with van der Waals surface area (Å²) in [4.78, 5) is 14.3. The van der Waals surface area contributed by atoms with E-state index in [1.54, 1.807) is 0 Å². The van der Waals surface area contributed by atoms with Crippen molar-refractivity contribution in [2.75, 3.05) is 26.3 Å². The van der Waals surface area contributed by atoms with E-state index in [1.165, 1.54) is 5.56 Å². The number of ether oxygens (including phenoxy) is 2. The van der Waals surface area contributed by atoms with Crippen LogP contribution in [0.2, 0.25) is 0 Å². The predicted molar refractivity (Wildman–Crippen MR) is 92.7 cm³/mol. The molecular weight excluding hydrogens is 304 g/mol. The van der Waals surface area contributed by atoms with E-state index in [4.69, 9.17) is 9.47 Å². The van der Waals surface area contributed by atoms with Gasteiger partial charge in [0.1, 0.15) is 0 Å². The number of likely N-dealkylation sites (tertiary alicyclic amines) is 1. The first-order valence-electron chi connectivity index (χ1n) is 9.01. The first-order chi connectivity index (χ1) is 11.7. The lowest BCUT2D eigenvalue weighted by molar-refractivity contribution is 0.0818. The Kier molecular flexibility index (Phi) is 6.10. The summed E-state index contributed by atoms with van der Waals surface area (Å²) < 4.78 is 11.5. The molecule has 2 fully saturated rings. The van der Waals surface area contributed by atoms with Gasteiger partial charge >= 0.3 is 6.03 Å². The van der Waals surface area contributed by atoms with Gasteiger partial charge in [0, 0.05) is 25.6 Å². The molecule has 2 amide bonds. The minimum absolute atomic E-state index is 0.0311. The molecule has 0 unspecified atom stereocenters. The Morgan fingerprint density at radius 1 is 1.38 bits per heavy atom. The van der Waals surface area contributed by atoms with Gasteiger partial charge < -0.3 is 19.7 Å². The predicted octanol–water partition coefficient (Wildman–Crippen LogP) is 2.80. The van der Waals surface area contributed by atoms with Crippen molar-refractivity contribution >= 4 is 6.03 Å². The first kappa shape index (κ1) is 17.2. The van der Waals surface area contributed by atoms with Crippen LogP contribution in [0.4, 0.5) is 4.79 Å². The van der Waals surface area contributed by atoms with Crippen LogP contribution in [0, 0.1) is 5.92 Å². The van der Waals surface area contributed by atoms with Crippen molar-refractivity contribution in [3.05, 3.63) is 35.9 Å². The Labute approximate surface area is 144 Å². The average Bonchev–Trinajstić information content (AvgIpc) is 3.28. The molecule has 1 aromatic rings. The topological polar surface area (TPSA) is 50.8 Å². The van der Waals surface area contributed by atoms with E-state index >= 15 is 0 Å². The normalized spacial score (nSPS) is 25.0. The Balaban J connectivity index is 1.36. The molecule has 2 aliphatic heterocycles. The van der Waals surface area contributed by atoms with Gasteiger partial charge in [0.05, 0.1) is 25.4 Å². The van der Waals surface area contributed by atoms with Gasteiger partial charge in [-0.1, -0.05) is 30.3 Å². The molecule has 0 aromatic heterocycles. The number of amides is 2. The molecule has 1 N–H and O–H groups in total. The SMILES string of the molecule is C[C@H](NC(=O)N1CC[C@@H](COCc2ccccc2)C1)[C@H]1CCCO1. The summed E-state index contributed by atoms with van der Waals surface area (Å²) in [6.45, 7) is 5.78. The fourth-order valence-electron chi connectivity index (χ4n) is 3.45. The third-order valence-corrected chi connectivity index (χ3v) is 4.91. The number of hydrogen-bond donors (Lipinski definition) is 1. The van der Waals surface area contributed by atoms with Gasteiger partial charge in [-0.3, -0.25) is 0 Å². The van der Waals surface area contributed by atoms with Crippen LogP contribution in [0.1, 0.15) is 31.7 Å². The van der Waals surface area contributed by atoms with Gasteiger partial charge in [-0.25, -0.2) is 4.79 Å². The summed E-state index contributed by atoms with van der Waals surface area (Å²) in [6.07, 6.45) is 3.31. The molecule has 0 aliphatic carbocycles. The Morgan fingerprint density at radius 3 is 2.96 bits per heavy atom. The lowest BCUT2D eigenvalue weighted by atomic mass is 10.1. The van der Waals surface area contributed by atoms with Crippen LogP contribution >= 0.6 is 0 Å². The molecule has 1 aromatic carbocycles. The van der Waals surface area contributed by atoms with Gasteiger partial charge in [0.2, 0.25) is 0 Å². The fourth-order valence-corrected chi connectivity index (χ4v) is 3.45. The Bertz CT molecular complexity index is 517. The van der Waals surface area contributed by atoms with Crippen LogP contribution in [-0.4, -0.2) is 49.4 Å². The number of rotatable bonds is 6. The smallest absolute Gasteiger partial charge is 0.317 e. The largest absolute Gasteiger partial charge is 0.376 e. The first-order valence-corrected chi connectivity index (χ1v) is 9.01. The molecule has 5 nitrogen and oxygen atoms in total. The molecule has 2 saturated heterocycles. The number of benzene rings is 1.